The lowest BCUT2D eigenvalue weighted by molar-refractivity contribution is -0.0967. The van der Waals surface area contributed by atoms with Gasteiger partial charge in [-0.05, 0) is 13.3 Å². The Morgan fingerprint density at radius 1 is 1.15 bits per heavy atom. The van der Waals surface area contributed by atoms with E-state index in [0.29, 0.717) is 0 Å². The van der Waals surface area contributed by atoms with E-state index in [1.54, 1.807) is 21.3 Å². The van der Waals surface area contributed by atoms with Crippen LogP contribution >= 0.6 is 0 Å². The predicted octanol–water partition coefficient (Wildman–Crippen LogP) is 1.38. The number of methoxy groups -OCH3 is 3. The van der Waals surface area contributed by atoms with Gasteiger partial charge in [-0.15, -0.1) is 0 Å². The van der Waals surface area contributed by atoms with Gasteiger partial charge < -0.3 is 14.2 Å². The van der Waals surface area contributed by atoms with Gasteiger partial charge in [0.25, 0.3) is 0 Å². The van der Waals surface area contributed by atoms with Crippen LogP contribution < -0.4 is 0 Å². The number of hydrogen-bond acceptors (Lipinski definition) is 3. The van der Waals surface area contributed by atoms with Crippen molar-refractivity contribution in [3.8, 4) is 0 Å². The Hall–Kier alpha value is -0.380. The van der Waals surface area contributed by atoms with E-state index in [-0.39, 0.29) is 18.3 Å². The lowest BCUT2D eigenvalue weighted by atomic mass is 9.93. The summed E-state index contributed by atoms with van der Waals surface area (Å²) in [4.78, 5) is 0. The average molecular weight is 186 g/mol. The number of hydrogen-bond donors (Lipinski definition) is 0. The molecule has 1 aliphatic carbocycles. The summed E-state index contributed by atoms with van der Waals surface area (Å²) in [5.41, 5.74) is 1.30. The summed E-state index contributed by atoms with van der Waals surface area (Å²) in [7, 11) is 5.09. The molecule has 1 aliphatic rings. The maximum atomic E-state index is 5.35. The first-order valence-corrected chi connectivity index (χ1v) is 4.48. The third-order valence-electron chi connectivity index (χ3n) is 2.51. The Kier molecular flexibility index (Phi) is 3.90. The fraction of sp³-hybridized carbons (Fsp3) is 0.800. The predicted molar refractivity (Wildman–Crippen MR) is 50.8 cm³/mol. The Bertz CT molecular complexity index is 189. The van der Waals surface area contributed by atoms with Crippen LogP contribution in [-0.2, 0) is 14.2 Å². The van der Waals surface area contributed by atoms with Crippen LogP contribution in [0.3, 0.4) is 0 Å². The van der Waals surface area contributed by atoms with Crippen LogP contribution in [0.1, 0.15) is 13.3 Å². The largest absolute Gasteiger partial charge is 0.378 e. The van der Waals surface area contributed by atoms with Gasteiger partial charge in [0.15, 0.2) is 0 Å². The summed E-state index contributed by atoms with van der Waals surface area (Å²) >= 11 is 0. The molecular formula is C10H18O3. The molecule has 0 N–H and O–H groups in total. The van der Waals surface area contributed by atoms with Crippen molar-refractivity contribution in [2.45, 2.75) is 31.7 Å². The van der Waals surface area contributed by atoms with E-state index in [9.17, 15) is 0 Å². The summed E-state index contributed by atoms with van der Waals surface area (Å²) in [5, 5.41) is 0. The van der Waals surface area contributed by atoms with E-state index in [0.717, 1.165) is 6.42 Å². The highest BCUT2D eigenvalue weighted by molar-refractivity contribution is 5.12. The molecule has 0 bridgehead atoms. The first-order valence-electron chi connectivity index (χ1n) is 4.48. The van der Waals surface area contributed by atoms with Crippen LogP contribution in [0.5, 0.6) is 0 Å². The monoisotopic (exact) mass is 186 g/mol. The highest BCUT2D eigenvalue weighted by Gasteiger charge is 2.32. The Morgan fingerprint density at radius 3 is 2.31 bits per heavy atom. The molecule has 0 aromatic carbocycles. The minimum atomic E-state index is 0.0127. The van der Waals surface area contributed by atoms with Gasteiger partial charge in [-0.3, -0.25) is 0 Å². The first-order chi connectivity index (χ1) is 6.22. The summed E-state index contributed by atoms with van der Waals surface area (Å²) in [6.45, 7) is 2.09. The van der Waals surface area contributed by atoms with Crippen molar-refractivity contribution in [3.05, 3.63) is 11.6 Å². The smallest absolute Gasteiger partial charge is 0.113 e. The molecular weight excluding hydrogens is 168 g/mol. The highest BCUT2D eigenvalue weighted by Crippen LogP contribution is 2.24. The van der Waals surface area contributed by atoms with Gasteiger partial charge in [0.05, 0.1) is 6.10 Å². The lowest BCUT2D eigenvalue weighted by Gasteiger charge is -2.33. The van der Waals surface area contributed by atoms with Gasteiger partial charge in [0.2, 0.25) is 0 Å². The van der Waals surface area contributed by atoms with Crippen LogP contribution in [0, 0.1) is 0 Å². The number of ether oxygens (including phenoxy) is 3. The number of rotatable bonds is 3. The zero-order chi connectivity index (χ0) is 9.84. The van der Waals surface area contributed by atoms with Crippen molar-refractivity contribution in [1.29, 1.82) is 0 Å². The minimum Gasteiger partial charge on any atom is -0.378 e. The summed E-state index contributed by atoms with van der Waals surface area (Å²) in [5.74, 6) is 0. The van der Waals surface area contributed by atoms with Crippen molar-refractivity contribution in [1.82, 2.24) is 0 Å². The quantitative estimate of drug-likeness (QED) is 0.623. The van der Waals surface area contributed by atoms with Crippen LogP contribution in [0.2, 0.25) is 0 Å². The molecule has 0 amide bonds. The van der Waals surface area contributed by atoms with E-state index >= 15 is 0 Å². The van der Waals surface area contributed by atoms with Gasteiger partial charge in [-0.2, -0.15) is 0 Å². The van der Waals surface area contributed by atoms with Crippen LogP contribution in [-0.4, -0.2) is 39.6 Å². The zero-order valence-corrected chi connectivity index (χ0v) is 8.74. The van der Waals surface area contributed by atoms with Crippen LogP contribution in [0.25, 0.3) is 0 Å². The topological polar surface area (TPSA) is 27.7 Å². The fourth-order valence-electron chi connectivity index (χ4n) is 1.79. The molecule has 76 valence electrons. The first kappa shape index (κ1) is 10.7. The Balaban J connectivity index is 2.75. The second kappa shape index (κ2) is 4.74. The standard InChI is InChI=1S/C10H18O3/c1-7-5-8(11-2)10(13-4)9(6-7)12-3/h5,8-10H,6H2,1-4H3. The third kappa shape index (κ3) is 2.30. The van der Waals surface area contributed by atoms with Crippen molar-refractivity contribution in [3.63, 3.8) is 0 Å². The summed E-state index contributed by atoms with van der Waals surface area (Å²) in [6, 6.07) is 0. The van der Waals surface area contributed by atoms with Gasteiger partial charge in [0.1, 0.15) is 12.2 Å². The zero-order valence-electron chi connectivity index (χ0n) is 8.74. The van der Waals surface area contributed by atoms with Crippen molar-refractivity contribution in [2.24, 2.45) is 0 Å². The maximum absolute atomic E-state index is 5.35. The summed E-state index contributed by atoms with van der Waals surface area (Å²) < 4.78 is 16.0. The highest BCUT2D eigenvalue weighted by atomic mass is 16.6. The Labute approximate surface area is 79.7 Å². The van der Waals surface area contributed by atoms with Crippen LogP contribution in [0.15, 0.2) is 11.6 Å². The Morgan fingerprint density at radius 2 is 1.85 bits per heavy atom. The molecule has 13 heavy (non-hydrogen) atoms. The minimum absolute atomic E-state index is 0.0127. The van der Waals surface area contributed by atoms with Gasteiger partial charge in [0, 0.05) is 21.3 Å². The normalized spacial score (nSPS) is 34.5. The SMILES string of the molecule is COC1C=C(C)CC(OC)C1OC. The van der Waals surface area contributed by atoms with E-state index in [1.807, 2.05) is 0 Å². The van der Waals surface area contributed by atoms with Crippen molar-refractivity contribution in [2.75, 3.05) is 21.3 Å². The molecule has 0 heterocycles. The molecule has 0 radical (unpaired) electrons. The van der Waals surface area contributed by atoms with E-state index in [4.69, 9.17) is 14.2 Å². The molecule has 0 fully saturated rings. The molecule has 1 rings (SSSR count). The van der Waals surface area contributed by atoms with Gasteiger partial charge in [-0.25, -0.2) is 0 Å². The molecule has 3 atom stereocenters. The van der Waals surface area contributed by atoms with Gasteiger partial charge in [-0.1, -0.05) is 11.6 Å². The molecule has 3 heteroatoms. The molecule has 0 aromatic rings. The molecule has 0 aromatic heterocycles. The molecule has 3 nitrogen and oxygen atoms in total. The third-order valence-corrected chi connectivity index (χ3v) is 2.51. The van der Waals surface area contributed by atoms with Gasteiger partial charge >= 0.3 is 0 Å². The van der Waals surface area contributed by atoms with Crippen molar-refractivity contribution >= 4 is 0 Å². The molecule has 0 spiro atoms. The summed E-state index contributed by atoms with van der Waals surface area (Å²) in [6.07, 6.45) is 3.17. The second-order valence-corrected chi connectivity index (χ2v) is 3.39. The maximum Gasteiger partial charge on any atom is 0.113 e. The van der Waals surface area contributed by atoms with Crippen LogP contribution in [0.4, 0.5) is 0 Å². The van der Waals surface area contributed by atoms with Crippen molar-refractivity contribution < 1.29 is 14.2 Å². The second-order valence-electron chi connectivity index (χ2n) is 3.39. The molecule has 0 saturated heterocycles. The lowest BCUT2D eigenvalue weighted by Crippen LogP contribution is -2.43. The molecule has 3 unspecified atom stereocenters. The van der Waals surface area contributed by atoms with E-state index in [2.05, 4.69) is 13.0 Å². The van der Waals surface area contributed by atoms with E-state index < -0.39 is 0 Å². The average Bonchev–Trinajstić information content (AvgIpc) is 2.16. The molecule has 0 saturated carbocycles. The fourth-order valence-corrected chi connectivity index (χ4v) is 1.79. The van der Waals surface area contributed by atoms with E-state index in [1.165, 1.54) is 5.57 Å². The molecule has 0 aliphatic heterocycles.